The predicted octanol–water partition coefficient (Wildman–Crippen LogP) is 4.89. The van der Waals surface area contributed by atoms with Gasteiger partial charge >= 0.3 is 0 Å². The maximum absolute atomic E-state index is 13.1. The van der Waals surface area contributed by atoms with E-state index in [-0.39, 0.29) is 11.8 Å². The summed E-state index contributed by atoms with van der Waals surface area (Å²) < 4.78 is 5.95. The fourth-order valence-electron chi connectivity index (χ4n) is 3.98. The van der Waals surface area contributed by atoms with E-state index in [4.69, 9.17) is 14.7 Å². The number of benzene rings is 2. The first kappa shape index (κ1) is 21.1. The van der Waals surface area contributed by atoms with E-state index in [0.717, 1.165) is 53.9 Å². The first-order valence-corrected chi connectivity index (χ1v) is 11.1. The number of carbonyl (C=O) groups excluding carboxylic acids is 1. The molecule has 1 N–H and O–H groups in total. The van der Waals surface area contributed by atoms with E-state index in [2.05, 4.69) is 30.1 Å². The molecule has 1 saturated heterocycles. The lowest BCUT2D eigenvalue weighted by Gasteiger charge is -2.33. The van der Waals surface area contributed by atoms with E-state index in [9.17, 15) is 4.79 Å². The van der Waals surface area contributed by atoms with Crippen LogP contribution in [0.25, 0.3) is 11.0 Å². The maximum Gasteiger partial charge on any atom is 0.258 e. The summed E-state index contributed by atoms with van der Waals surface area (Å²) in [5.41, 5.74) is 4.83. The Labute approximate surface area is 183 Å². The molecular weight excluding hydrogens is 388 g/mol. The minimum Gasteiger partial charge on any atom is -0.475 e. The summed E-state index contributed by atoms with van der Waals surface area (Å²) in [6.45, 7) is 8.20. The molecule has 0 saturated carbocycles. The second-order valence-electron chi connectivity index (χ2n) is 8.21. The third kappa shape index (κ3) is 4.63. The second-order valence-corrected chi connectivity index (χ2v) is 8.21. The highest BCUT2D eigenvalue weighted by molar-refractivity contribution is 5.94. The van der Waals surface area contributed by atoms with Gasteiger partial charge < -0.3 is 15.0 Å². The smallest absolute Gasteiger partial charge is 0.258 e. The maximum atomic E-state index is 13.1. The van der Waals surface area contributed by atoms with Crippen LogP contribution in [0, 0.1) is 19.8 Å². The zero-order valence-corrected chi connectivity index (χ0v) is 18.5. The van der Waals surface area contributed by atoms with Gasteiger partial charge in [0.05, 0.1) is 23.6 Å². The summed E-state index contributed by atoms with van der Waals surface area (Å²) in [4.78, 5) is 24.8. The molecule has 0 aliphatic carbocycles. The summed E-state index contributed by atoms with van der Waals surface area (Å²) in [5.74, 6) is 1.23. The number of hydrogen-bond donors (Lipinski definition) is 1. The molecule has 6 heteroatoms. The molecule has 2 aromatic carbocycles. The first-order chi connectivity index (χ1) is 15.1. The highest BCUT2D eigenvalue weighted by atomic mass is 16.5. The Bertz CT molecular complexity index is 1080. The summed E-state index contributed by atoms with van der Waals surface area (Å²) >= 11 is 0. The molecule has 6 nitrogen and oxygen atoms in total. The number of anilines is 2. The Morgan fingerprint density at radius 1 is 1.13 bits per heavy atom. The van der Waals surface area contributed by atoms with Gasteiger partial charge in [-0.05, 0) is 62.4 Å². The predicted molar refractivity (Wildman–Crippen MR) is 125 cm³/mol. The van der Waals surface area contributed by atoms with Gasteiger partial charge in [-0.2, -0.15) is 0 Å². The second kappa shape index (κ2) is 9.33. The molecule has 1 aliphatic heterocycles. The van der Waals surface area contributed by atoms with Crippen LogP contribution in [0.5, 0.6) is 5.88 Å². The van der Waals surface area contributed by atoms with Crippen LogP contribution in [0.4, 0.5) is 11.5 Å². The normalized spacial score (nSPS) is 16.4. The Balaban J connectivity index is 1.57. The van der Waals surface area contributed by atoms with Gasteiger partial charge in [-0.15, -0.1) is 0 Å². The highest BCUT2D eigenvalue weighted by Crippen LogP contribution is 2.31. The monoisotopic (exact) mass is 418 g/mol. The number of para-hydroxylation sites is 2. The lowest BCUT2D eigenvalue weighted by molar-refractivity contribution is -0.120. The molecule has 4 rings (SSSR count). The standard InChI is InChI=1S/C25H30N4O2/c1-4-15-31-25-23(26-21-11-5-6-12-22(21)28-25)29-14-8-10-19(16-29)24(30)27-20-13-7-9-17(2)18(20)3/h5-7,9,11-13,19H,4,8,10,14-16H2,1-3H3,(H,27,30). The van der Waals surface area contributed by atoms with Gasteiger partial charge in [0.2, 0.25) is 5.91 Å². The van der Waals surface area contributed by atoms with Gasteiger partial charge in [0.1, 0.15) is 0 Å². The Kier molecular flexibility index (Phi) is 6.35. The summed E-state index contributed by atoms with van der Waals surface area (Å²) in [7, 11) is 0. The van der Waals surface area contributed by atoms with Crippen molar-refractivity contribution in [2.24, 2.45) is 5.92 Å². The summed E-state index contributed by atoms with van der Waals surface area (Å²) in [5, 5.41) is 3.14. The van der Waals surface area contributed by atoms with Gasteiger partial charge in [-0.3, -0.25) is 4.79 Å². The minimum atomic E-state index is -0.110. The summed E-state index contributed by atoms with van der Waals surface area (Å²) in [6.07, 6.45) is 2.68. The van der Waals surface area contributed by atoms with E-state index in [1.54, 1.807) is 0 Å². The molecule has 0 radical (unpaired) electrons. The van der Waals surface area contributed by atoms with Gasteiger partial charge in [0.25, 0.3) is 5.88 Å². The molecule has 1 aromatic heterocycles. The molecule has 1 unspecified atom stereocenters. The van der Waals surface area contributed by atoms with Gasteiger partial charge in [-0.1, -0.05) is 31.2 Å². The molecule has 1 amide bonds. The number of aryl methyl sites for hydroxylation is 1. The van der Waals surface area contributed by atoms with Crippen molar-refractivity contribution in [1.82, 2.24) is 9.97 Å². The van der Waals surface area contributed by atoms with E-state index in [0.29, 0.717) is 19.0 Å². The van der Waals surface area contributed by atoms with Crippen LogP contribution >= 0.6 is 0 Å². The van der Waals surface area contributed by atoms with E-state index >= 15 is 0 Å². The van der Waals surface area contributed by atoms with E-state index in [1.165, 1.54) is 5.56 Å². The van der Waals surface area contributed by atoms with Crippen LogP contribution in [-0.4, -0.2) is 35.6 Å². The van der Waals surface area contributed by atoms with E-state index < -0.39 is 0 Å². The van der Waals surface area contributed by atoms with Crippen LogP contribution < -0.4 is 15.0 Å². The van der Waals surface area contributed by atoms with Gasteiger partial charge in [0.15, 0.2) is 5.82 Å². The molecule has 162 valence electrons. The third-order valence-electron chi connectivity index (χ3n) is 5.92. The van der Waals surface area contributed by atoms with Crippen molar-refractivity contribution in [3.05, 3.63) is 53.6 Å². The number of hydrogen-bond acceptors (Lipinski definition) is 5. The van der Waals surface area contributed by atoms with E-state index in [1.807, 2.05) is 43.3 Å². The Morgan fingerprint density at radius 2 is 1.90 bits per heavy atom. The van der Waals surface area contributed by atoms with Crippen molar-refractivity contribution in [2.75, 3.05) is 29.9 Å². The Morgan fingerprint density at radius 3 is 2.68 bits per heavy atom. The van der Waals surface area contributed by atoms with Crippen LogP contribution in [-0.2, 0) is 4.79 Å². The Hall–Kier alpha value is -3.15. The van der Waals surface area contributed by atoms with Crippen molar-refractivity contribution >= 4 is 28.4 Å². The van der Waals surface area contributed by atoms with Crippen LogP contribution in [0.1, 0.15) is 37.3 Å². The molecule has 0 spiro atoms. The summed E-state index contributed by atoms with van der Waals surface area (Å²) in [6, 6.07) is 13.8. The number of amides is 1. The quantitative estimate of drug-likeness (QED) is 0.617. The topological polar surface area (TPSA) is 67.4 Å². The van der Waals surface area contributed by atoms with Crippen molar-refractivity contribution < 1.29 is 9.53 Å². The molecule has 2 heterocycles. The molecule has 1 aliphatic rings. The van der Waals surface area contributed by atoms with Crippen molar-refractivity contribution in [3.63, 3.8) is 0 Å². The SMILES string of the molecule is CCCOc1nc2ccccc2nc1N1CCCC(C(=O)Nc2cccc(C)c2C)C1. The number of aromatic nitrogens is 2. The molecule has 31 heavy (non-hydrogen) atoms. The fraction of sp³-hybridized carbons (Fsp3) is 0.400. The zero-order chi connectivity index (χ0) is 21.8. The minimum absolute atomic E-state index is 0.0585. The zero-order valence-electron chi connectivity index (χ0n) is 18.5. The number of piperidine rings is 1. The lowest BCUT2D eigenvalue weighted by atomic mass is 9.96. The molecular formula is C25H30N4O2. The van der Waals surface area contributed by atoms with Crippen molar-refractivity contribution in [3.8, 4) is 5.88 Å². The fourth-order valence-corrected chi connectivity index (χ4v) is 3.98. The van der Waals surface area contributed by atoms with Crippen LogP contribution in [0.15, 0.2) is 42.5 Å². The lowest BCUT2D eigenvalue weighted by Crippen LogP contribution is -2.41. The molecule has 1 atom stereocenters. The van der Waals surface area contributed by atoms with Crippen LogP contribution in [0.3, 0.4) is 0 Å². The van der Waals surface area contributed by atoms with Crippen molar-refractivity contribution in [1.29, 1.82) is 0 Å². The number of nitrogens with one attached hydrogen (secondary N) is 1. The largest absolute Gasteiger partial charge is 0.475 e. The third-order valence-corrected chi connectivity index (χ3v) is 5.92. The van der Waals surface area contributed by atoms with Gasteiger partial charge in [-0.25, -0.2) is 9.97 Å². The number of fused-ring (bicyclic) bond motifs is 1. The number of ether oxygens (including phenoxy) is 1. The first-order valence-electron chi connectivity index (χ1n) is 11.1. The number of rotatable bonds is 6. The van der Waals surface area contributed by atoms with Crippen molar-refractivity contribution in [2.45, 2.75) is 40.0 Å². The molecule has 1 fully saturated rings. The molecule has 3 aromatic rings. The van der Waals surface area contributed by atoms with Crippen LogP contribution in [0.2, 0.25) is 0 Å². The number of nitrogens with zero attached hydrogens (tertiary/aromatic N) is 3. The number of carbonyl (C=O) groups is 1. The molecule has 0 bridgehead atoms. The average molecular weight is 419 g/mol. The average Bonchev–Trinajstić information content (AvgIpc) is 2.80. The highest BCUT2D eigenvalue weighted by Gasteiger charge is 2.29. The van der Waals surface area contributed by atoms with Gasteiger partial charge in [0, 0.05) is 18.8 Å².